The van der Waals surface area contributed by atoms with E-state index in [1.807, 2.05) is 60.7 Å². The summed E-state index contributed by atoms with van der Waals surface area (Å²) in [5.74, 6) is -0.344. The van der Waals surface area contributed by atoms with Crippen molar-refractivity contribution in [3.8, 4) is 0 Å². The molecule has 0 aromatic heterocycles. The molecular formula is C23H23N3O4S. The number of para-hydroxylation sites is 2. The second kappa shape index (κ2) is 9.30. The van der Waals surface area contributed by atoms with Crippen LogP contribution in [0.4, 0.5) is 11.4 Å². The molecule has 3 aromatic rings. The van der Waals surface area contributed by atoms with Crippen LogP contribution in [0.25, 0.3) is 0 Å². The van der Waals surface area contributed by atoms with Crippen molar-refractivity contribution in [3.05, 3.63) is 90.5 Å². The lowest BCUT2D eigenvalue weighted by molar-refractivity contribution is 0.0730. The fourth-order valence-electron chi connectivity index (χ4n) is 3.31. The van der Waals surface area contributed by atoms with Gasteiger partial charge in [-0.25, -0.2) is 8.42 Å². The fourth-order valence-corrected chi connectivity index (χ4v) is 4.72. The Hall–Kier alpha value is -3.20. The topological polar surface area (TPSA) is 79.0 Å². The van der Waals surface area contributed by atoms with Gasteiger partial charge >= 0.3 is 0 Å². The van der Waals surface area contributed by atoms with Crippen molar-refractivity contribution >= 4 is 27.3 Å². The van der Waals surface area contributed by atoms with Gasteiger partial charge in [-0.1, -0.05) is 36.4 Å². The Morgan fingerprint density at radius 1 is 0.806 bits per heavy atom. The molecule has 4 rings (SSSR count). The highest BCUT2D eigenvalue weighted by molar-refractivity contribution is 7.89. The molecule has 7 nitrogen and oxygen atoms in total. The minimum atomic E-state index is -3.60. The van der Waals surface area contributed by atoms with E-state index in [-0.39, 0.29) is 10.8 Å². The van der Waals surface area contributed by atoms with Crippen molar-refractivity contribution in [1.29, 1.82) is 0 Å². The number of carbonyl (C=O) groups is 1. The molecule has 1 amide bonds. The molecule has 8 heteroatoms. The van der Waals surface area contributed by atoms with Gasteiger partial charge in [0.2, 0.25) is 10.0 Å². The largest absolute Gasteiger partial charge is 0.379 e. The van der Waals surface area contributed by atoms with Gasteiger partial charge in [-0.15, -0.1) is 0 Å². The Morgan fingerprint density at radius 2 is 1.32 bits per heavy atom. The third kappa shape index (κ3) is 4.77. The normalized spacial score (nSPS) is 14.7. The van der Waals surface area contributed by atoms with E-state index in [4.69, 9.17) is 4.74 Å². The quantitative estimate of drug-likeness (QED) is 0.599. The van der Waals surface area contributed by atoms with Crippen molar-refractivity contribution in [2.45, 2.75) is 4.90 Å². The van der Waals surface area contributed by atoms with Crippen LogP contribution in [0.5, 0.6) is 0 Å². The zero-order valence-corrected chi connectivity index (χ0v) is 17.7. The first-order chi connectivity index (χ1) is 15.1. The second-order valence-electron chi connectivity index (χ2n) is 6.99. The SMILES string of the molecule is O=C(NN(c1ccccc1)c1ccccc1)c1ccc(S(=O)(=O)N2CCOCC2)cc1. The Labute approximate surface area is 181 Å². The monoisotopic (exact) mass is 437 g/mol. The van der Waals surface area contributed by atoms with E-state index in [1.54, 1.807) is 5.01 Å². The first-order valence-electron chi connectivity index (χ1n) is 9.95. The molecule has 0 unspecified atom stereocenters. The lowest BCUT2D eigenvalue weighted by Gasteiger charge is -2.26. The van der Waals surface area contributed by atoms with E-state index in [2.05, 4.69) is 5.43 Å². The van der Waals surface area contributed by atoms with E-state index < -0.39 is 10.0 Å². The highest BCUT2D eigenvalue weighted by Gasteiger charge is 2.26. The number of hydrogen-bond acceptors (Lipinski definition) is 5. The van der Waals surface area contributed by atoms with Crippen LogP contribution in [0.15, 0.2) is 89.8 Å². The minimum Gasteiger partial charge on any atom is -0.379 e. The summed E-state index contributed by atoms with van der Waals surface area (Å²) in [7, 11) is -3.60. The standard InChI is InChI=1S/C23H23N3O4S/c27-23(24-26(20-7-3-1-4-8-20)21-9-5-2-6-10-21)19-11-13-22(14-12-19)31(28,29)25-15-17-30-18-16-25/h1-14H,15-18H2,(H,24,27). The van der Waals surface area contributed by atoms with Crippen LogP contribution in [-0.4, -0.2) is 44.9 Å². The number of carbonyl (C=O) groups excluding carboxylic acids is 1. The van der Waals surface area contributed by atoms with E-state index >= 15 is 0 Å². The molecule has 0 aliphatic carbocycles. The summed E-state index contributed by atoms with van der Waals surface area (Å²) in [5, 5.41) is 1.70. The summed E-state index contributed by atoms with van der Waals surface area (Å²) in [6.45, 7) is 1.42. The maximum Gasteiger partial charge on any atom is 0.270 e. The minimum absolute atomic E-state index is 0.161. The van der Waals surface area contributed by atoms with Crippen LogP contribution < -0.4 is 10.4 Å². The summed E-state index contributed by atoms with van der Waals surface area (Å²) in [5.41, 5.74) is 4.86. The molecule has 0 saturated carbocycles. The molecule has 0 radical (unpaired) electrons. The molecule has 3 aromatic carbocycles. The highest BCUT2D eigenvalue weighted by Crippen LogP contribution is 2.23. The van der Waals surface area contributed by atoms with Crippen molar-refractivity contribution in [2.75, 3.05) is 31.3 Å². The van der Waals surface area contributed by atoms with Crippen LogP contribution in [-0.2, 0) is 14.8 Å². The Bertz CT molecular complexity index is 1080. The predicted octanol–water partition coefficient (Wildman–Crippen LogP) is 3.19. The molecule has 0 bridgehead atoms. The highest BCUT2D eigenvalue weighted by atomic mass is 32.2. The Kier molecular flexibility index (Phi) is 6.31. The lowest BCUT2D eigenvalue weighted by Crippen LogP contribution is -2.40. The molecule has 0 spiro atoms. The fraction of sp³-hybridized carbons (Fsp3) is 0.174. The molecule has 1 saturated heterocycles. The maximum atomic E-state index is 12.9. The number of hydrogen-bond donors (Lipinski definition) is 1. The van der Waals surface area contributed by atoms with Crippen molar-refractivity contribution < 1.29 is 17.9 Å². The number of morpholine rings is 1. The van der Waals surface area contributed by atoms with Gasteiger partial charge in [-0.05, 0) is 48.5 Å². The van der Waals surface area contributed by atoms with E-state index in [9.17, 15) is 13.2 Å². The number of nitrogens with one attached hydrogen (secondary N) is 1. The third-order valence-corrected chi connectivity index (χ3v) is 6.88. The number of ether oxygens (including phenoxy) is 1. The van der Waals surface area contributed by atoms with Crippen molar-refractivity contribution in [3.63, 3.8) is 0 Å². The first kappa shape index (κ1) is 21.0. The Balaban J connectivity index is 1.54. The van der Waals surface area contributed by atoms with Crippen LogP contribution >= 0.6 is 0 Å². The average molecular weight is 438 g/mol. The number of nitrogens with zero attached hydrogens (tertiary/aromatic N) is 2. The summed E-state index contributed by atoms with van der Waals surface area (Å²) in [4.78, 5) is 13.1. The number of amides is 1. The summed E-state index contributed by atoms with van der Waals surface area (Å²) < 4.78 is 32.2. The smallest absolute Gasteiger partial charge is 0.270 e. The summed E-state index contributed by atoms with van der Waals surface area (Å²) in [6.07, 6.45) is 0. The summed E-state index contributed by atoms with van der Waals surface area (Å²) >= 11 is 0. The first-order valence-corrected chi connectivity index (χ1v) is 11.4. The molecular weight excluding hydrogens is 414 g/mol. The van der Waals surface area contributed by atoms with Crippen molar-refractivity contribution in [1.82, 2.24) is 9.73 Å². The number of anilines is 2. The average Bonchev–Trinajstić information content (AvgIpc) is 2.84. The van der Waals surface area contributed by atoms with Crippen LogP contribution in [0.3, 0.4) is 0 Å². The van der Waals surface area contributed by atoms with Gasteiger partial charge in [0.15, 0.2) is 0 Å². The van der Waals surface area contributed by atoms with Crippen LogP contribution in [0.1, 0.15) is 10.4 Å². The van der Waals surface area contributed by atoms with Crippen molar-refractivity contribution in [2.24, 2.45) is 0 Å². The molecule has 0 atom stereocenters. The van der Waals surface area contributed by atoms with Gasteiger partial charge < -0.3 is 4.74 Å². The molecule has 1 fully saturated rings. The Morgan fingerprint density at radius 3 is 1.84 bits per heavy atom. The van der Waals surface area contributed by atoms with E-state index in [0.29, 0.717) is 31.9 Å². The predicted molar refractivity (Wildman–Crippen MR) is 119 cm³/mol. The summed E-state index contributed by atoms with van der Waals surface area (Å²) in [6, 6.07) is 24.9. The zero-order chi connectivity index (χ0) is 21.7. The molecule has 1 aliphatic rings. The lowest BCUT2D eigenvalue weighted by atomic mass is 10.2. The van der Waals surface area contributed by atoms with Gasteiger partial charge in [0.25, 0.3) is 5.91 Å². The zero-order valence-electron chi connectivity index (χ0n) is 16.8. The van der Waals surface area contributed by atoms with Gasteiger partial charge in [-0.2, -0.15) is 4.31 Å². The number of benzene rings is 3. The van der Waals surface area contributed by atoms with Gasteiger partial charge in [0.1, 0.15) is 0 Å². The van der Waals surface area contributed by atoms with Gasteiger partial charge in [0, 0.05) is 18.7 Å². The number of rotatable bonds is 6. The molecule has 1 heterocycles. The molecule has 1 aliphatic heterocycles. The van der Waals surface area contributed by atoms with E-state index in [0.717, 1.165) is 11.4 Å². The molecule has 160 valence electrons. The molecule has 1 N–H and O–H groups in total. The van der Waals surface area contributed by atoms with E-state index in [1.165, 1.54) is 28.6 Å². The van der Waals surface area contributed by atoms with Gasteiger partial charge in [0.05, 0.1) is 29.5 Å². The number of sulfonamides is 1. The second-order valence-corrected chi connectivity index (χ2v) is 8.93. The third-order valence-electron chi connectivity index (χ3n) is 4.97. The van der Waals surface area contributed by atoms with Gasteiger partial charge in [-0.3, -0.25) is 15.2 Å². The molecule has 31 heavy (non-hydrogen) atoms. The number of hydrazine groups is 1. The van der Waals surface area contributed by atoms with Crippen LogP contribution in [0.2, 0.25) is 0 Å². The van der Waals surface area contributed by atoms with Crippen LogP contribution in [0, 0.1) is 0 Å². The maximum absolute atomic E-state index is 12.9.